The van der Waals surface area contributed by atoms with E-state index in [1.807, 2.05) is 4.90 Å². The zero-order valence-corrected chi connectivity index (χ0v) is 19.5. The van der Waals surface area contributed by atoms with Crippen LogP contribution in [0.1, 0.15) is 64.2 Å². The van der Waals surface area contributed by atoms with Crippen molar-refractivity contribution in [1.29, 1.82) is 0 Å². The van der Waals surface area contributed by atoms with Crippen LogP contribution in [0.15, 0.2) is 11.0 Å². The van der Waals surface area contributed by atoms with Crippen LogP contribution in [0.2, 0.25) is 5.02 Å². The molecule has 11 heteroatoms. The van der Waals surface area contributed by atoms with Crippen LogP contribution in [0, 0.1) is 0 Å². The lowest BCUT2D eigenvalue weighted by atomic mass is 9.91. The molecule has 4 N–H and O–H groups in total. The summed E-state index contributed by atoms with van der Waals surface area (Å²) in [7, 11) is 0. The Balaban J connectivity index is 1.14. The molecule has 1 atom stereocenters. The van der Waals surface area contributed by atoms with Crippen molar-refractivity contribution in [2.75, 3.05) is 18.0 Å². The number of amides is 3. The first kappa shape index (κ1) is 23.7. The second-order valence-electron chi connectivity index (χ2n) is 9.31. The summed E-state index contributed by atoms with van der Waals surface area (Å²) in [6, 6.07) is 0.409. The number of anilines is 1. The van der Waals surface area contributed by atoms with E-state index in [2.05, 4.69) is 26.1 Å². The topological polar surface area (TPSA) is 128 Å². The standard InChI is InChI=1S/C22H33ClN6O4/c23-19-18(12-24-28-20(19)30)29-11-10-17(13-29)33-22(32)27-16-8-6-15(7-9-16)26-21(31)25-14-4-2-1-3-5-14/h12,14-17H,1-11,13H2,(H,27,32)(H,28,30)(H2,25,26,31)/t15-,16-,17-/m1/s1. The van der Waals surface area contributed by atoms with Crippen molar-refractivity contribution in [3.8, 4) is 0 Å². The predicted molar refractivity (Wildman–Crippen MR) is 125 cm³/mol. The summed E-state index contributed by atoms with van der Waals surface area (Å²) in [5.41, 5.74) is 0.109. The third-order valence-electron chi connectivity index (χ3n) is 6.86. The number of aromatic amines is 1. The first-order chi connectivity index (χ1) is 16.0. The molecular weight excluding hydrogens is 448 g/mol. The first-order valence-electron chi connectivity index (χ1n) is 12.0. The number of carbonyl (C=O) groups excluding carboxylic acids is 2. The number of aromatic nitrogens is 2. The number of H-pyrrole nitrogens is 1. The highest BCUT2D eigenvalue weighted by Gasteiger charge is 2.30. The van der Waals surface area contributed by atoms with Gasteiger partial charge in [0.25, 0.3) is 5.56 Å². The fourth-order valence-corrected chi connectivity index (χ4v) is 5.24. The van der Waals surface area contributed by atoms with Gasteiger partial charge in [-0.25, -0.2) is 14.7 Å². The molecular formula is C22H33ClN6O4. The Morgan fingerprint density at radius 2 is 1.61 bits per heavy atom. The minimum absolute atomic E-state index is 0.0424. The van der Waals surface area contributed by atoms with Gasteiger partial charge in [0.15, 0.2) is 0 Å². The smallest absolute Gasteiger partial charge is 0.407 e. The zero-order valence-electron chi connectivity index (χ0n) is 18.8. The highest BCUT2D eigenvalue weighted by Crippen LogP contribution is 2.26. The number of urea groups is 1. The molecule has 0 spiro atoms. The maximum absolute atomic E-state index is 12.4. The van der Waals surface area contributed by atoms with Gasteiger partial charge in [-0.2, -0.15) is 5.10 Å². The largest absolute Gasteiger partial charge is 0.444 e. The summed E-state index contributed by atoms with van der Waals surface area (Å²) < 4.78 is 5.59. The number of alkyl carbamates (subject to hydrolysis) is 1. The first-order valence-corrected chi connectivity index (χ1v) is 12.4. The average Bonchev–Trinajstić information content (AvgIpc) is 3.25. The van der Waals surface area contributed by atoms with E-state index in [9.17, 15) is 14.4 Å². The van der Waals surface area contributed by atoms with Crippen molar-refractivity contribution in [2.24, 2.45) is 0 Å². The van der Waals surface area contributed by atoms with E-state index in [1.54, 1.807) is 0 Å². The lowest BCUT2D eigenvalue weighted by Crippen LogP contribution is -2.49. The van der Waals surface area contributed by atoms with Crippen molar-refractivity contribution >= 4 is 29.4 Å². The van der Waals surface area contributed by atoms with Crippen molar-refractivity contribution in [2.45, 2.75) is 88.4 Å². The lowest BCUT2D eigenvalue weighted by molar-refractivity contribution is 0.102. The van der Waals surface area contributed by atoms with E-state index in [-0.39, 0.29) is 29.2 Å². The Morgan fingerprint density at radius 3 is 2.30 bits per heavy atom. The third-order valence-corrected chi connectivity index (χ3v) is 7.23. The lowest BCUT2D eigenvalue weighted by Gasteiger charge is -2.30. The van der Waals surface area contributed by atoms with Crippen molar-refractivity contribution in [1.82, 2.24) is 26.1 Å². The molecule has 1 aromatic rings. The maximum Gasteiger partial charge on any atom is 0.407 e. The highest BCUT2D eigenvalue weighted by atomic mass is 35.5. The number of nitrogens with zero attached hydrogens (tertiary/aromatic N) is 2. The minimum Gasteiger partial charge on any atom is -0.444 e. The minimum atomic E-state index is -0.437. The third kappa shape index (κ3) is 6.52. The summed E-state index contributed by atoms with van der Waals surface area (Å²) in [5, 5.41) is 15.3. The van der Waals surface area contributed by atoms with E-state index in [4.69, 9.17) is 16.3 Å². The summed E-state index contributed by atoms with van der Waals surface area (Å²) in [6.07, 6.45) is 10.5. The van der Waals surface area contributed by atoms with E-state index in [1.165, 1.54) is 25.5 Å². The van der Waals surface area contributed by atoms with E-state index in [0.717, 1.165) is 38.5 Å². The number of hydrogen-bond donors (Lipinski definition) is 4. The Morgan fingerprint density at radius 1 is 0.970 bits per heavy atom. The van der Waals surface area contributed by atoms with Crippen LogP contribution < -0.4 is 26.4 Å². The molecule has 1 aliphatic heterocycles. The molecule has 0 bridgehead atoms. The number of nitrogens with one attached hydrogen (secondary N) is 4. The number of ether oxygens (including phenoxy) is 1. The molecule has 2 aliphatic carbocycles. The van der Waals surface area contributed by atoms with Crippen LogP contribution in [-0.2, 0) is 4.74 Å². The van der Waals surface area contributed by atoms with Gasteiger partial charge in [-0.05, 0) is 38.5 Å². The Bertz CT molecular complexity index is 882. The van der Waals surface area contributed by atoms with Gasteiger partial charge in [-0.3, -0.25) is 4.79 Å². The Kier molecular flexibility index (Phi) is 7.95. The average molecular weight is 481 g/mol. The number of halogens is 1. The molecule has 0 unspecified atom stereocenters. The summed E-state index contributed by atoms with van der Waals surface area (Å²) in [6.45, 7) is 1.09. The fraction of sp³-hybridized carbons (Fsp3) is 0.727. The molecule has 4 rings (SSSR count). The fourth-order valence-electron chi connectivity index (χ4n) is 5.03. The molecule has 3 aliphatic rings. The van der Waals surface area contributed by atoms with E-state index < -0.39 is 11.7 Å². The van der Waals surface area contributed by atoms with Gasteiger partial charge < -0.3 is 25.6 Å². The van der Waals surface area contributed by atoms with Crippen LogP contribution in [-0.4, -0.2) is 59.6 Å². The van der Waals surface area contributed by atoms with Crippen LogP contribution >= 0.6 is 11.6 Å². The monoisotopic (exact) mass is 480 g/mol. The molecule has 2 saturated carbocycles. The van der Waals surface area contributed by atoms with Crippen molar-refractivity contribution < 1.29 is 14.3 Å². The predicted octanol–water partition coefficient (Wildman–Crippen LogP) is 2.67. The molecule has 1 aromatic heterocycles. The number of rotatable bonds is 5. The molecule has 3 amide bonds. The molecule has 2 heterocycles. The normalized spacial score (nSPS) is 26.0. The van der Waals surface area contributed by atoms with Gasteiger partial charge >= 0.3 is 12.1 Å². The summed E-state index contributed by atoms with van der Waals surface area (Å²) in [4.78, 5) is 38.2. The van der Waals surface area contributed by atoms with Crippen molar-refractivity contribution in [3.63, 3.8) is 0 Å². The van der Waals surface area contributed by atoms with E-state index >= 15 is 0 Å². The molecule has 10 nitrogen and oxygen atoms in total. The van der Waals surface area contributed by atoms with Crippen LogP contribution in [0.4, 0.5) is 15.3 Å². The van der Waals surface area contributed by atoms with Crippen LogP contribution in [0.25, 0.3) is 0 Å². The van der Waals surface area contributed by atoms with Crippen molar-refractivity contribution in [3.05, 3.63) is 21.6 Å². The highest BCUT2D eigenvalue weighted by molar-refractivity contribution is 6.33. The molecule has 182 valence electrons. The second-order valence-corrected chi connectivity index (χ2v) is 9.68. The molecule has 1 saturated heterocycles. The second kappa shape index (κ2) is 11.1. The molecule has 33 heavy (non-hydrogen) atoms. The maximum atomic E-state index is 12.4. The van der Waals surface area contributed by atoms with E-state index in [0.29, 0.717) is 31.2 Å². The van der Waals surface area contributed by atoms with Gasteiger partial charge in [-0.15, -0.1) is 0 Å². The van der Waals surface area contributed by atoms with Gasteiger partial charge in [0, 0.05) is 31.1 Å². The number of carbonyl (C=O) groups is 2. The molecule has 3 fully saturated rings. The summed E-state index contributed by atoms with van der Waals surface area (Å²) in [5.74, 6) is 0. The number of hydrogen-bond acceptors (Lipinski definition) is 6. The Hall–Kier alpha value is -2.49. The Labute approximate surface area is 198 Å². The van der Waals surface area contributed by atoms with Gasteiger partial charge in [-0.1, -0.05) is 30.9 Å². The molecule has 0 aromatic carbocycles. The zero-order chi connectivity index (χ0) is 23.2. The quantitative estimate of drug-likeness (QED) is 0.513. The van der Waals surface area contributed by atoms with Crippen LogP contribution in [0.3, 0.4) is 0 Å². The summed E-state index contributed by atoms with van der Waals surface area (Å²) >= 11 is 6.07. The SMILES string of the molecule is O=C(NC1CCCCC1)N[C@H]1CC[C@H](NC(=O)O[C@@H]2CCN(c3cn[nH]c(=O)c3Cl)C2)CC1. The van der Waals surface area contributed by atoms with Crippen LogP contribution in [0.5, 0.6) is 0 Å². The van der Waals surface area contributed by atoms with Gasteiger partial charge in [0.2, 0.25) is 0 Å². The van der Waals surface area contributed by atoms with Gasteiger partial charge in [0.1, 0.15) is 11.1 Å². The molecule has 0 radical (unpaired) electrons. The van der Waals surface area contributed by atoms with Gasteiger partial charge in [0.05, 0.1) is 18.4 Å².